The Labute approximate surface area is 287 Å². The normalized spacial score (nSPS) is 13.8. The molecule has 0 N–H and O–H groups in total. The minimum absolute atomic E-state index is 0. The summed E-state index contributed by atoms with van der Waals surface area (Å²) in [6, 6.07) is 0. The third-order valence-corrected chi connectivity index (χ3v) is 3.43. The van der Waals surface area contributed by atoms with E-state index in [1.165, 1.54) is 11.8 Å². The molecule has 0 aromatic carbocycles. The van der Waals surface area contributed by atoms with Crippen LogP contribution in [0.2, 0.25) is 0 Å². The number of hydrogen-bond acceptors (Lipinski definition) is 5. The Kier molecular flexibility index (Phi) is 72.4. The second-order valence-corrected chi connectivity index (χ2v) is 10.4. The van der Waals surface area contributed by atoms with E-state index in [4.69, 9.17) is 0 Å². The second kappa shape index (κ2) is 49.7. The van der Waals surface area contributed by atoms with E-state index >= 15 is 0 Å². The third kappa shape index (κ3) is 93.8. The van der Waals surface area contributed by atoms with Gasteiger partial charge >= 0.3 is 64.2 Å². The minimum atomic E-state index is -0.0463. The van der Waals surface area contributed by atoms with Crippen LogP contribution in [0.1, 0.15) is 142 Å². The molecule has 3 saturated heterocycles. The van der Waals surface area contributed by atoms with Crippen molar-refractivity contribution in [3.05, 3.63) is 5.32 Å². The van der Waals surface area contributed by atoms with Gasteiger partial charge in [-0.2, -0.15) is 0 Å². The fourth-order valence-corrected chi connectivity index (χ4v) is 2.27. The number of carbonyl (C=O) groups is 3. The maximum atomic E-state index is 10.2. The number of thioether (sulfide) groups is 1. The summed E-state index contributed by atoms with van der Waals surface area (Å²) < 4.78 is 4.51. The molecule has 3 fully saturated rings. The first-order chi connectivity index (χ1) is 16.9. The molecule has 0 bridgehead atoms. The van der Waals surface area contributed by atoms with Crippen LogP contribution in [0.25, 0.3) is 5.32 Å². The van der Waals surface area contributed by atoms with E-state index in [0.717, 1.165) is 55.7 Å². The summed E-state index contributed by atoms with van der Waals surface area (Å²) in [7, 11) is 0. The monoisotopic (exact) mass is 621 g/mol. The zero-order valence-electron chi connectivity index (χ0n) is 28.1. The zero-order valence-corrected chi connectivity index (χ0v) is 33.8. The van der Waals surface area contributed by atoms with Crippen molar-refractivity contribution in [3.63, 3.8) is 0 Å². The van der Waals surface area contributed by atoms with Crippen molar-refractivity contribution in [2.45, 2.75) is 142 Å². The van der Waals surface area contributed by atoms with E-state index in [-0.39, 0.29) is 70.1 Å². The molecule has 0 spiro atoms. The standard InChI is InChI=1S/C4H7NO.C4H6O2.C4H6OS.3C4H10.3C2H6.Rb/c6-4-2-1-3-5-4;2*5-4-2-1-3-6-4;3*1-4(2)3;3*1-2;/h1-3H2,(H,5,6);2*1-3H2;3*4H,1-3H3;3*1-2H3;/q;;;;;;;;;+1/p-1. The summed E-state index contributed by atoms with van der Waals surface area (Å²) in [4.78, 5) is 30.3. The molecule has 1 amide bonds. The van der Waals surface area contributed by atoms with E-state index in [0.29, 0.717) is 24.6 Å². The van der Waals surface area contributed by atoms with Gasteiger partial charge in [0.05, 0.1) is 12.5 Å². The van der Waals surface area contributed by atoms with Crippen molar-refractivity contribution < 1.29 is 77.3 Å². The predicted octanol–water partition coefficient (Wildman–Crippen LogP) is 7.11. The van der Waals surface area contributed by atoms with E-state index in [9.17, 15) is 14.4 Å². The van der Waals surface area contributed by atoms with Crippen LogP contribution in [0.3, 0.4) is 0 Å². The molecule has 0 aliphatic carbocycles. The molecule has 7 heteroatoms. The van der Waals surface area contributed by atoms with Crippen LogP contribution in [0, 0.1) is 17.8 Å². The minimum Gasteiger partial charge on any atom is -0.653 e. The summed E-state index contributed by atoms with van der Waals surface area (Å²) in [5.41, 5.74) is 0. The van der Waals surface area contributed by atoms with Gasteiger partial charge in [-0.1, -0.05) is 122 Å². The summed E-state index contributed by atoms with van der Waals surface area (Å²) >= 11 is 1.46. The predicted molar refractivity (Wildman–Crippen MR) is 165 cm³/mol. The van der Waals surface area contributed by atoms with Crippen molar-refractivity contribution >= 4 is 28.8 Å². The first kappa shape index (κ1) is 53.9. The number of nitrogens with zero attached hydrogens (tertiary/aromatic N) is 1. The number of ether oxygens (including phenoxy) is 1. The Hall–Kier alpha value is 0.765. The van der Waals surface area contributed by atoms with Gasteiger partial charge in [0.25, 0.3) is 0 Å². The average Bonchev–Trinajstić information content (AvgIpc) is 3.58. The van der Waals surface area contributed by atoms with Crippen molar-refractivity contribution in [2.75, 3.05) is 18.9 Å². The number of amides is 1. The van der Waals surface area contributed by atoms with Crippen LogP contribution in [-0.4, -0.2) is 35.9 Å². The van der Waals surface area contributed by atoms with Crippen LogP contribution >= 0.6 is 11.8 Å². The van der Waals surface area contributed by atoms with Crippen molar-refractivity contribution in [1.29, 1.82) is 0 Å². The SMILES string of the molecule is CC.CC.CC.CC(C)C.CC(C)C.CC(C)C.O=C1CCCO1.O=C1CCCS1.O=C1CCC[N-]1.[Rb+]. The Balaban J connectivity index is -0.0000000563. The molecule has 222 valence electrons. The summed E-state index contributed by atoms with van der Waals surface area (Å²) in [5, 5.41) is 3.97. The molecular weight excluding hydrogens is 556 g/mol. The Bertz CT molecular complexity index is 338. The smallest absolute Gasteiger partial charge is 0.653 e. The quantitative estimate of drug-likeness (QED) is 0.269. The molecule has 3 heterocycles. The molecule has 0 aromatic rings. The fraction of sp³-hybridized carbons (Fsp3) is 0.900. The molecule has 0 atom stereocenters. The first-order valence-corrected chi connectivity index (χ1v) is 15.4. The second-order valence-electron chi connectivity index (χ2n) is 9.22. The number of rotatable bonds is 0. The number of esters is 1. The molecule has 0 radical (unpaired) electrons. The van der Waals surface area contributed by atoms with Gasteiger partial charge in [-0.25, -0.2) is 0 Å². The molecule has 37 heavy (non-hydrogen) atoms. The number of cyclic esters (lactones) is 1. The van der Waals surface area contributed by atoms with Gasteiger partial charge in [0.1, 0.15) is 0 Å². The Morgan fingerprint density at radius 3 is 1.14 bits per heavy atom. The van der Waals surface area contributed by atoms with Gasteiger partial charge in [0, 0.05) is 18.6 Å². The molecule has 3 aliphatic rings. The number of carbonyl (C=O) groups excluding carboxylic acids is 3. The summed E-state index contributed by atoms with van der Waals surface area (Å²) in [6.07, 6.45) is 5.10. The van der Waals surface area contributed by atoms with Gasteiger partial charge in [-0.15, -0.1) is 6.54 Å². The van der Waals surface area contributed by atoms with Gasteiger partial charge in [0.2, 0.25) is 0 Å². The van der Waals surface area contributed by atoms with E-state index in [1.807, 2.05) is 41.5 Å². The molecule has 0 aromatic heterocycles. The largest absolute Gasteiger partial charge is 1.00 e. The van der Waals surface area contributed by atoms with Gasteiger partial charge < -0.3 is 14.8 Å². The average molecular weight is 622 g/mol. The van der Waals surface area contributed by atoms with Crippen LogP contribution in [0.15, 0.2) is 0 Å². The van der Waals surface area contributed by atoms with Crippen LogP contribution < -0.4 is 58.2 Å². The van der Waals surface area contributed by atoms with Gasteiger partial charge in [-0.05, 0) is 37.0 Å². The Morgan fingerprint density at radius 1 is 0.649 bits per heavy atom. The van der Waals surface area contributed by atoms with Crippen molar-refractivity contribution in [1.82, 2.24) is 0 Å². The van der Waals surface area contributed by atoms with Crippen LogP contribution in [0.4, 0.5) is 0 Å². The summed E-state index contributed by atoms with van der Waals surface area (Å²) in [6.45, 7) is 32.9. The molecule has 0 unspecified atom stereocenters. The molecule has 3 aliphatic heterocycles. The molecule has 3 rings (SSSR count). The molecule has 0 saturated carbocycles. The molecule has 5 nitrogen and oxygen atoms in total. The third-order valence-electron chi connectivity index (χ3n) is 2.41. The maximum absolute atomic E-state index is 10.2. The van der Waals surface area contributed by atoms with E-state index < -0.39 is 0 Å². The van der Waals surface area contributed by atoms with Crippen LogP contribution in [0.5, 0.6) is 0 Å². The van der Waals surface area contributed by atoms with Crippen molar-refractivity contribution in [2.24, 2.45) is 17.8 Å². The topological polar surface area (TPSA) is 74.5 Å². The van der Waals surface area contributed by atoms with Gasteiger partial charge in [0.15, 0.2) is 5.12 Å². The summed E-state index contributed by atoms with van der Waals surface area (Å²) in [5.74, 6) is 3.59. The molecular formula is C30H66NO4RbS. The van der Waals surface area contributed by atoms with Crippen molar-refractivity contribution in [3.8, 4) is 0 Å². The Morgan fingerprint density at radius 2 is 1.05 bits per heavy atom. The fourth-order valence-electron chi connectivity index (χ4n) is 1.46. The van der Waals surface area contributed by atoms with Crippen LogP contribution in [-0.2, 0) is 19.1 Å². The first-order valence-electron chi connectivity index (χ1n) is 14.4. The van der Waals surface area contributed by atoms with Gasteiger partial charge in [-0.3, -0.25) is 9.59 Å². The van der Waals surface area contributed by atoms with E-state index in [2.05, 4.69) is 72.4 Å². The number of hydrogen-bond donors (Lipinski definition) is 0. The van der Waals surface area contributed by atoms with E-state index in [1.54, 1.807) is 0 Å². The maximum Gasteiger partial charge on any atom is 1.00 e. The zero-order chi connectivity index (χ0) is 29.9.